The van der Waals surface area contributed by atoms with E-state index < -0.39 is 22.0 Å². The number of anilines is 1. The van der Waals surface area contributed by atoms with Crippen LogP contribution < -0.4 is 10.1 Å². The van der Waals surface area contributed by atoms with E-state index in [1.807, 2.05) is 7.05 Å². The number of halogens is 2. The summed E-state index contributed by atoms with van der Waals surface area (Å²) in [6.07, 6.45) is -0.822. The highest BCUT2D eigenvalue weighted by molar-refractivity contribution is 7.89. The summed E-state index contributed by atoms with van der Waals surface area (Å²) >= 11 is 11.9. The first-order valence-electron chi connectivity index (χ1n) is 9.38. The van der Waals surface area contributed by atoms with Crippen molar-refractivity contribution in [3.8, 4) is 5.75 Å². The number of ether oxygens (including phenoxy) is 1. The summed E-state index contributed by atoms with van der Waals surface area (Å²) in [4.78, 5) is 14.7. The van der Waals surface area contributed by atoms with Gasteiger partial charge in [-0.15, -0.1) is 0 Å². The van der Waals surface area contributed by atoms with Crippen LogP contribution in [0.5, 0.6) is 5.75 Å². The van der Waals surface area contributed by atoms with Crippen molar-refractivity contribution in [2.75, 3.05) is 38.5 Å². The Kier molecular flexibility index (Phi) is 7.26. The van der Waals surface area contributed by atoms with Gasteiger partial charge < -0.3 is 15.0 Å². The number of nitrogens with zero attached hydrogens (tertiary/aromatic N) is 2. The number of hydrogen-bond acceptors (Lipinski definition) is 5. The van der Waals surface area contributed by atoms with Crippen LogP contribution in [0.3, 0.4) is 0 Å². The van der Waals surface area contributed by atoms with Crippen molar-refractivity contribution in [1.82, 2.24) is 9.21 Å². The molecule has 1 heterocycles. The van der Waals surface area contributed by atoms with E-state index in [0.717, 1.165) is 0 Å². The predicted octanol–water partition coefficient (Wildman–Crippen LogP) is 3.34. The molecule has 1 amide bonds. The molecular weight excluding hydrogens is 449 g/mol. The maximum Gasteiger partial charge on any atom is 0.265 e. The Morgan fingerprint density at radius 1 is 1.07 bits per heavy atom. The Balaban J connectivity index is 1.62. The van der Waals surface area contributed by atoms with Crippen LogP contribution in [0.25, 0.3) is 0 Å². The number of hydrogen-bond donors (Lipinski definition) is 1. The monoisotopic (exact) mass is 471 g/mol. The molecule has 0 aliphatic carbocycles. The SMILES string of the molecule is CC(Oc1ccc(Cl)cc1Cl)C(=O)Nc1ccc(S(=O)(=O)N2CCN(C)CC2)cc1. The van der Waals surface area contributed by atoms with Gasteiger partial charge in [-0.05, 0) is 56.4 Å². The largest absolute Gasteiger partial charge is 0.479 e. The minimum Gasteiger partial charge on any atom is -0.479 e. The molecule has 1 atom stereocenters. The third kappa shape index (κ3) is 5.44. The summed E-state index contributed by atoms with van der Waals surface area (Å²) in [6, 6.07) is 10.8. The lowest BCUT2D eigenvalue weighted by Gasteiger charge is -2.31. The number of likely N-dealkylation sites (N-methyl/N-ethyl adjacent to an activating group) is 1. The Morgan fingerprint density at radius 2 is 1.70 bits per heavy atom. The van der Waals surface area contributed by atoms with Crippen LogP contribution in [-0.2, 0) is 14.8 Å². The Bertz CT molecular complexity index is 1010. The zero-order valence-electron chi connectivity index (χ0n) is 16.6. The first-order valence-corrected chi connectivity index (χ1v) is 11.6. The summed E-state index contributed by atoms with van der Waals surface area (Å²) in [7, 11) is -1.59. The zero-order chi connectivity index (χ0) is 21.9. The van der Waals surface area contributed by atoms with Gasteiger partial charge in [0.2, 0.25) is 10.0 Å². The molecule has 3 rings (SSSR count). The van der Waals surface area contributed by atoms with Gasteiger partial charge in [0.1, 0.15) is 5.75 Å². The van der Waals surface area contributed by atoms with Gasteiger partial charge in [0.15, 0.2) is 6.10 Å². The van der Waals surface area contributed by atoms with Crippen molar-refractivity contribution < 1.29 is 17.9 Å². The zero-order valence-corrected chi connectivity index (χ0v) is 19.0. The quantitative estimate of drug-likeness (QED) is 0.698. The third-order valence-corrected chi connectivity index (χ3v) is 7.23. The van der Waals surface area contributed by atoms with E-state index in [0.29, 0.717) is 47.7 Å². The van der Waals surface area contributed by atoms with E-state index in [-0.39, 0.29) is 4.90 Å². The van der Waals surface area contributed by atoms with Crippen LogP contribution in [0.15, 0.2) is 47.4 Å². The molecule has 1 aliphatic heterocycles. The molecule has 10 heteroatoms. The second-order valence-electron chi connectivity index (χ2n) is 7.06. The fourth-order valence-electron chi connectivity index (χ4n) is 2.95. The Hall–Kier alpha value is -1.84. The van der Waals surface area contributed by atoms with E-state index in [1.165, 1.54) is 22.5 Å². The highest BCUT2D eigenvalue weighted by Crippen LogP contribution is 2.28. The van der Waals surface area contributed by atoms with Gasteiger partial charge in [-0.2, -0.15) is 4.31 Å². The molecule has 1 saturated heterocycles. The van der Waals surface area contributed by atoms with Gasteiger partial charge >= 0.3 is 0 Å². The standard InChI is InChI=1S/C20H23Cl2N3O4S/c1-14(29-19-8-3-15(21)13-18(19)22)20(26)23-16-4-6-17(7-5-16)30(27,28)25-11-9-24(2)10-12-25/h3-8,13-14H,9-12H2,1-2H3,(H,23,26). The van der Waals surface area contributed by atoms with E-state index in [9.17, 15) is 13.2 Å². The maximum absolute atomic E-state index is 12.8. The molecule has 1 aliphatic rings. The number of benzene rings is 2. The molecule has 0 spiro atoms. The van der Waals surface area contributed by atoms with Crippen LogP contribution in [0.4, 0.5) is 5.69 Å². The van der Waals surface area contributed by atoms with Gasteiger partial charge in [-0.3, -0.25) is 4.79 Å². The van der Waals surface area contributed by atoms with Crippen LogP contribution >= 0.6 is 23.2 Å². The van der Waals surface area contributed by atoms with E-state index in [2.05, 4.69) is 10.2 Å². The molecule has 0 aromatic heterocycles. The fraction of sp³-hybridized carbons (Fsp3) is 0.350. The van der Waals surface area contributed by atoms with Gasteiger partial charge in [0, 0.05) is 36.9 Å². The average molecular weight is 472 g/mol. The van der Waals surface area contributed by atoms with Crippen molar-refractivity contribution in [1.29, 1.82) is 0 Å². The second-order valence-corrected chi connectivity index (χ2v) is 9.84. The molecule has 2 aromatic carbocycles. The van der Waals surface area contributed by atoms with Gasteiger partial charge in [0.05, 0.1) is 9.92 Å². The third-order valence-electron chi connectivity index (χ3n) is 4.79. The molecule has 2 aromatic rings. The number of rotatable bonds is 6. The number of carbonyl (C=O) groups is 1. The minimum atomic E-state index is -3.55. The van der Waals surface area contributed by atoms with Crippen LogP contribution in [-0.4, -0.2) is 62.9 Å². The summed E-state index contributed by atoms with van der Waals surface area (Å²) < 4.78 is 32.6. The van der Waals surface area contributed by atoms with E-state index in [4.69, 9.17) is 27.9 Å². The number of carbonyl (C=O) groups excluding carboxylic acids is 1. The van der Waals surface area contributed by atoms with Crippen molar-refractivity contribution in [2.45, 2.75) is 17.9 Å². The van der Waals surface area contributed by atoms with Crippen LogP contribution in [0, 0.1) is 0 Å². The molecule has 7 nitrogen and oxygen atoms in total. The molecule has 30 heavy (non-hydrogen) atoms. The predicted molar refractivity (Wildman–Crippen MR) is 118 cm³/mol. The topological polar surface area (TPSA) is 78.9 Å². The van der Waals surface area contributed by atoms with Crippen molar-refractivity contribution >= 4 is 44.8 Å². The molecule has 0 saturated carbocycles. The lowest BCUT2D eigenvalue weighted by molar-refractivity contribution is -0.122. The van der Waals surface area contributed by atoms with Crippen molar-refractivity contribution in [3.05, 3.63) is 52.5 Å². The number of amides is 1. The number of nitrogens with one attached hydrogen (secondary N) is 1. The smallest absolute Gasteiger partial charge is 0.265 e. The molecule has 0 bridgehead atoms. The maximum atomic E-state index is 12.8. The van der Waals surface area contributed by atoms with Gasteiger partial charge in [0.25, 0.3) is 5.91 Å². The van der Waals surface area contributed by atoms with Crippen molar-refractivity contribution in [2.24, 2.45) is 0 Å². The molecule has 1 N–H and O–H groups in total. The Labute approximate surface area is 186 Å². The first-order chi connectivity index (χ1) is 14.2. The van der Waals surface area contributed by atoms with Crippen molar-refractivity contribution in [3.63, 3.8) is 0 Å². The molecule has 162 valence electrons. The highest BCUT2D eigenvalue weighted by Gasteiger charge is 2.27. The second kappa shape index (κ2) is 9.53. The van der Waals surface area contributed by atoms with E-state index >= 15 is 0 Å². The highest BCUT2D eigenvalue weighted by atomic mass is 35.5. The summed E-state index contributed by atoms with van der Waals surface area (Å²) in [5.41, 5.74) is 0.468. The lowest BCUT2D eigenvalue weighted by atomic mass is 10.3. The molecular formula is C20H23Cl2N3O4S. The van der Waals surface area contributed by atoms with Gasteiger partial charge in [-0.25, -0.2) is 8.42 Å². The molecule has 1 unspecified atom stereocenters. The molecule has 0 radical (unpaired) electrons. The summed E-state index contributed by atoms with van der Waals surface area (Å²) in [5, 5.41) is 3.48. The normalized spacial score (nSPS) is 16.8. The van der Waals surface area contributed by atoms with Gasteiger partial charge in [-0.1, -0.05) is 23.2 Å². The number of piperazine rings is 1. The Morgan fingerprint density at radius 3 is 2.30 bits per heavy atom. The van der Waals surface area contributed by atoms with Crippen LogP contribution in [0.1, 0.15) is 6.92 Å². The van der Waals surface area contributed by atoms with E-state index in [1.54, 1.807) is 31.2 Å². The first kappa shape index (κ1) is 22.8. The summed E-state index contributed by atoms with van der Waals surface area (Å²) in [6.45, 7) is 3.90. The number of sulfonamides is 1. The minimum absolute atomic E-state index is 0.197. The average Bonchev–Trinajstić information content (AvgIpc) is 2.70. The lowest BCUT2D eigenvalue weighted by Crippen LogP contribution is -2.46. The van der Waals surface area contributed by atoms with Crippen LogP contribution in [0.2, 0.25) is 10.0 Å². The fourth-order valence-corrected chi connectivity index (χ4v) is 4.82. The molecule has 1 fully saturated rings. The summed E-state index contributed by atoms with van der Waals surface area (Å²) in [5.74, 6) is -0.0481.